The van der Waals surface area contributed by atoms with Gasteiger partial charge in [0.15, 0.2) is 5.60 Å². The molecule has 2 atom stereocenters. The number of carboxylic acids is 1. The summed E-state index contributed by atoms with van der Waals surface area (Å²) in [4.78, 5) is 11.3. The van der Waals surface area contributed by atoms with E-state index in [-0.39, 0.29) is 12.2 Å². The molecule has 0 aliphatic carbocycles. The van der Waals surface area contributed by atoms with Crippen molar-refractivity contribution in [2.45, 2.75) is 24.7 Å². The minimum absolute atomic E-state index is 0.151. The average molecular weight is 465 g/mol. The Labute approximate surface area is 189 Å². The van der Waals surface area contributed by atoms with E-state index in [4.69, 9.17) is 18.9 Å². The Bertz CT molecular complexity index is 988. The van der Waals surface area contributed by atoms with Gasteiger partial charge in [-0.3, -0.25) is 4.21 Å². The molecule has 174 valence electrons. The molecule has 0 aliphatic heterocycles. The first-order valence-electron chi connectivity index (χ1n) is 9.62. The highest BCUT2D eigenvalue weighted by Crippen LogP contribution is 2.35. The number of aliphatic hydroxyl groups is 1. The maximum atomic E-state index is 12.7. The molecule has 0 heterocycles. The third-order valence-corrected chi connectivity index (χ3v) is 5.85. The van der Waals surface area contributed by atoms with Gasteiger partial charge in [-0.05, 0) is 30.2 Å². The number of benzene rings is 2. The molecule has 0 fully saturated rings. The third-order valence-electron chi connectivity index (χ3n) is 4.79. The van der Waals surface area contributed by atoms with Crippen molar-refractivity contribution >= 4 is 22.8 Å². The molecule has 0 aromatic heterocycles. The summed E-state index contributed by atoms with van der Waals surface area (Å²) in [5, 5.41) is 20.9. The minimum Gasteiger partial charge on any atom is -0.496 e. The predicted molar refractivity (Wildman–Crippen MR) is 122 cm³/mol. The standard InChI is InChI=1S/C23H28O8S/c1-23(26,22(24)25)13-16-10-15(6-7-19(16)29-3)14-32(27)9-8-18-20(30-4)11-17(28-2)12-21(18)31-5/h6-12,26H,13-14H2,1-5H3,(H,24,25)/b9-8+. The molecule has 0 amide bonds. The summed E-state index contributed by atoms with van der Waals surface area (Å²) in [7, 11) is 4.65. The van der Waals surface area contributed by atoms with E-state index < -0.39 is 22.4 Å². The SMILES string of the molecule is COc1cc(OC)c(/C=C/S(=O)Cc2ccc(OC)c(CC(C)(O)C(=O)O)c2)c(OC)c1. The topological polar surface area (TPSA) is 112 Å². The molecule has 0 spiro atoms. The molecule has 0 bridgehead atoms. The fourth-order valence-electron chi connectivity index (χ4n) is 3.06. The second-order valence-corrected chi connectivity index (χ2v) is 8.50. The lowest BCUT2D eigenvalue weighted by molar-refractivity contribution is -0.156. The van der Waals surface area contributed by atoms with Gasteiger partial charge in [0, 0.05) is 24.0 Å². The molecule has 9 heteroatoms. The molecule has 32 heavy (non-hydrogen) atoms. The first-order chi connectivity index (χ1) is 15.1. The lowest BCUT2D eigenvalue weighted by atomic mass is 9.95. The highest BCUT2D eigenvalue weighted by atomic mass is 32.2. The van der Waals surface area contributed by atoms with E-state index in [1.165, 1.54) is 40.8 Å². The van der Waals surface area contributed by atoms with Crippen LogP contribution in [0.2, 0.25) is 0 Å². The zero-order valence-electron chi connectivity index (χ0n) is 18.7. The van der Waals surface area contributed by atoms with Gasteiger partial charge in [-0.25, -0.2) is 4.79 Å². The molecule has 0 aliphatic rings. The fraction of sp³-hybridized carbons (Fsp3) is 0.348. The monoisotopic (exact) mass is 464 g/mol. The first kappa shape index (κ1) is 25.2. The van der Waals surface area contributed by atoms with Crippen LogP contribution in [0, 0.1) is 0 Å². The number of carbonyl (C=O) groups is 1. The maximum Gasteiger partial charge on any atom is 0.335 e. The van der Waals surface area contributed by atoms with E-state index in [0.29, 0.717) is 39.7 Å². The van der Waals surface area contributed by atoms with Crippen LogP contribution in [0.5, 0.6) is 23.0 Å². The summed E-state index contributed by atoms with van der Waals surface area (Å²) in [5.41, 5.74) is -0.112. The minimum atomic E-state index is -1.95. The highest BCUT2D eigenvalue weighted by molar-refractivity contribution is 7.87. The van der Waals surface area contributed by atoms with Crippen LogP contribution in [0.25, 0.3) is 6.08 Å². The average Bonchev–Trinajstić information content (AvgIpc) is 2.76. The van der Waals surface area contributed by atoms with Gasteiger partial charge in [0.05, 0.1) is 50.6 Å². The molecular weight excluding hydrogens is 436 g/mol. The number of ether oxygens (including phenoxy) is 4. The van der Waals surface area contributed by atoms with Gasteiger partial charge in [-0.1, -0.05) is 12.1 Å². The van der Waals surface area contributed by atoms with Crippen LogP contribution in [0.15, 0.2) is 35.7 Å². The fourth-order valence-corrected chi connectivity index (χ4v) is 3.95. The van der Waals surface area contributed by atoms with Gasteiger partial charge in [0.1, 0.15) is 23.0 Å². The van der Waals surface area contributed by atoms with E-state index >= 15 is 0 Å². The van der Waals surface area contributed by atoms with E-state index in [9.17, 15) is 19.2 Å². The molecule has 2 aromatic carbocycles. The Hall–Kier alpha value is -3.04. The van der Waals surface area contributed by atoms with Crippen LogP contribution in [0.1, 0.15) is 23.6 Å². The largest absolute Gasteiger partial charge is 0.496 e. The summed E-state index contributed by atoms with van der Waals surface area (Å²) in [5.74, 6) is 0.890. The zero-order chi connectivity index (χ0) is 23.9. The van der Waals surface area contributed by atoms with Crippen LogP contribution in [0.3, 0.4) is 0 Å². The summed E-state index contributed by atoms with van der Waals surface area (Å²) in [6, 6.07) is 8.51. The molecule has 2 rings (SSSR count). The Morgan fingerprint density at radius 3 is 2.09 bits per heavy atom. The number of rotatable bonds is 11. The van der Waals surface area contributed by atoms with Crippen LogP contribution >= 0.6 is 0 Å². The van der Waals surface area contributed by atoms with Crippen molar-refractivity contribution in [1.29, 1.82) is 0 Å². The van der Waals surface area contributed by atoms with Crippen LogP contribution in [-0.4, -0.2) is 54.4 Å². The lowest BCUT2D eigenvalue weighted by Gasteiger charge is -2.20. The van der Waals surface area contributed by atoms with Crippen LogP contribution < -0.4 is 18.9 Å². The molecule has 0 radical (unpaired) electrons. The number of hydrogen-bond donors (Lipinski definition) is 2. The Kier molecular flexibility index (Phi) is 8.68. The summed E-state index contributed by atoms with van der Waals surface area (Å²) < 4.78 is 34.0. The number of carboxylic acid groups (broad SMARTS) is 1. The molecule has 0 saturated carbocycles. The normalized spacial score (nSPS) is 13.9. The summed E-state index contributed by atoms with van der Waals surface area (Å²) in [6.07, 6.45) is 1.51. The Balaban J connectivity index is 2.26. The Morgan fingerprint density at radius 1 is 1.00 bits per heavy atom. The van der Waals surface area contributed by atoms with Gasteiger partial charge < -0.3 is 29.2 Å². The van der Waals surface area contributed by atoms with E-state index in [2.05, 4.69) is 0 Å². The quantitative estimate of drug-likeness (QED) is 0.522. The van der Waals surface area contributed by atoms with Crippen molar-refractivity contribution in [3.8, 4) is 23.0 Å². The van der Waals surface area contributed by atoms with Crippen molar-refractivity contribution < 1.29 is 38.2 Å². The van der Waals surface area contributed by atoms with Crippen molar-refractivity contribution in [2.24, 2.45) is 0 Å². The zero-order valence-corrected chi connectivity index (χ0v) is 19.5. The van der Waals surface area contributed by atoms with Gasteiger partial charge in [0.2, 0.25) is 0 Å². The molecule has 2 unspecified atom stereocenters. The van der Waals surface area contributed by atoms with Crippen molar-refractivity contribution in [2.75, 3.05) is 28.4 Å². The summed E-state index contributed by atoms with van der Waals surface area (Å²) in [6.45, 7) is 1.22. The van der Waals surface area contributed by atoms with Crippen LogP contribution in [-0.2, 0) is 27.8 Å². The number of methoxy groups -OCH3 is 4. The van der Waals surface area contributed by atoms with Crippen molar-refractivity contribution in [3.63, 3.8) is 0 Å². The van der Waals surface area contributed by atoms with Gasteiger partial charge in [-0.15, -0.1) is 0 Å². The van der Waals surface area contributed by atoms with E-state index in [1.54, 1.807) is 36.4 Å². The lowest BCUT2D eigenvalue weighted by Crippen LogP contribution is -2.37. The molecular formula is C23H28O8S. The van der Waals surface area contributed by atoms with Crippen molar-refractivity contribution in [1.82, 2.24) is 0 Å². The molecule has 8 nitrogen and oxygen atoms in total. The second-order valence-electron chi connectivity index (χ2n) is 7.18. The van der Waals surface area contributed by atoms with E-state index in [0.717, 1.165) is 0 Å². The molecule has 2 N–H and O–H groups in total. The number of hydrogen-bond acceptors (Lipinski definition) is 7. The second kappa shape index (κ2) is 11.0. The maximum absolute atomic E-state index is 12.7. The smallest absolute Gasteiger partial charge is 0.335 e. The third kappa shape index (κ3) is 6.24. The van der Waals surface area contributed by atoms with Crippen LogP contribution in [0.4, 0.5) is 0 Å². The van der Waals surface area contributed by atoms with Gasteiger partial charge in [0.25, 0.3) is 0 Å². The Morgan fingerprint density at radius 2 is 1.59 bits per heavy atom. The molecule has 2 aromatic rings. The van der Waals surface area contributed by atoms with Crippen molar-refractivity contribution in [3.05, 3.63) is 52.4 Å². The summed E-state index contributed by atoms with van der Waals surface area (Å²) >= 11 is 0. The predicted octanol–water partition coefficient (Wildman–Crippen LogP) is 3.02. The van der Waals surface area contributed by atoms with Gasteiger partial charge >= 0.3 is 5.97 Å². The first-order valence-corrected chi connectivity index (χ1v) is 11.0. The van der Waals surface area contributed by atoms with E-state index in [1.807, 2.05) is 0 Å². The molecule has 0 saturated heterocycles. The highest BCUT2D eigenvalue weighted by Gasteiger charge is 2.31. The number of aliphatic carboxylic acids is 1. The van der Waals surface area contributed by atoms with Gasteiger partial charge in [-0.2, -0.15) is 0 Å².